The van der Waals surface area contributed by atoms with Gasteiger partial charge in [-0.1, -0.05) is 48.5 Å². The molecule has 0 bridgehead atoms. The largest absolute Gasteiger partial charge is 0.493 e. The summed E-state index contributed by atoms with van der Waals surface area (Å²) in [5, 5.41) is 11.7. The minimum Gasteiger partial charge on any atom is -0.493 e. The molecule has 0 spiro atoms. The summed E-state index contributed by atoms with van der Waals surface area (Å²) < 4.78 is 22.3. The number of rotatable bonds is 12. The van der Waals surface area contributed by atoms with Crippen LogP contribution in [0.5, 0.6) is 17.2 Å². The van der Waals surface area contributed by atoms with Gasteiger partial charge in [-0.2, -0.15) is 5.10 Å². The summed E-state index contributed by atoms with van der Waals surface area (Å²) in [4.78, 5) is 37.2. The van der Waals surface area contributed by atoms with Crippen molar-refractivity contribution >= 4 is 34.9 Å². The van der Waals surface area contributed by atoms with Gasteiger partial charge in [0.15, 0.2) is 18.1 Å². The predicted octanol–water partition coefficient (Wildman–Crippen LogP) is 5.15. The van der Waals surface area contributed by atoms with Crippen LogP contribution in [0.3, 0.4) is 0 Å². The summed E-state index contributed by atoms with van der Waals surface area (Å²) in [6, 6.07) is 25.4. The van der Waals surface area contributed by atoms with Crippen molar-refractivity contribution in [2.24, 2.45) is 5.10 Å². The Bertz CT molecular complexity index is 1800. The number of allylic oxidation sites excluding steroid dienone is 1. The number of urea groups is 1. The van der Waals surface area contributed by atoms with E-state index in [9.17, 15) is 14.4 Å². The number of ether oxygens (including phenoxy) is 4. The average Bonchev–Trinajstić information content (AvgIpc) is 3.06. The van der Waals surface area contributed by atoms with Gasteiger partial charge in [0.05, 0.1) is 31.5 Å². The fourth-order valence-electron chi connectivity index (χ4n) is 4.99. The average molecular weight is 623 g/mol. The first-order chi connectivity index (χ1) is 22.4. The number of methoxy groups -OCH3 is 1. The number of amides is 3. The SMILES string of the molecule is CCOC(=O)C1=C(C)NC(=O)N[C@@H]1c1ccc(OCC(=O)N/N=C\c2ccc(OCc3cccc4ccccc34)cc2)c(OC)c1. The van der Waals surface area contributed by atoms with Crippen molar-refractivity contribution in [1.29, 1.82) is 0 Å². The van der Waals surface area contributed by atoms with Crippen molar-refractivity contribution in [2.75, 3.05) is 20.3 Å². The fourth-order valence-corrected chi connectivity index (χ4v) is 4.99. The van der Waals surface area contributed by atoms with Crippen LogP contribution < -0.4 is 30.3 Å². The first-order valence-electron chi connectivity index (χ1n) is 14.6. The standard InChI is InChI=1S/C35H34N4O7/c1-4-44-34(41)32-22(2)37-35(42)38-33(32)25-14-17-29(30(18-25)43-3)46-21-31(40)39-36-19-23-12-15-27(16-13-23)45-20-26-10-7-9-24-8-5-6-11-28(24)26/h5-19,33H,4,20-21H2,1-3H3,(H,39,40)(H2,37,38,42)/b36-19-/t33-/m1/s1. The summed E-state index contributed by atoms with van der Waals surface area (Å²) in [7, 11) is 1.45. The molecule has 5 rings (SSSR count). The first kappa shape index (κ1) is 31.6. The highest BCUT2D eigenvalue weighted by Crippen LogP contribution is 2.34. The van der Waals surface area contributed by atoms with Gasteiger partial charge < -0.3 is 29.6 Å². The van der Waals surface area contributed by atoms with E-state index in [1.165, 1.54) is 18.7 Å². The highest BCUT2D eigenvalue weighted by molar-refractivity contribution is 5.95. The van der Waals surface area contributed by atoms with Crippen LogP contribution in [0.2, 0.25) is 0 Å². The second-order valence-electron chi connectivity index (χ2n) is 10.3. The molecule has 46 heavy (non-hydrogen) atoms. The molecule has 4 aromatic rings. The Labute approximate surface area is 266 Å². The minimum absolute atomic E-state index is 0.187. The maximum absolute atomic E-state index is 12.6. The number of esters is 1. The van der Waals surface area contributed by atoms with Gasteiger partial charge in [-0.15, -0.1) is 0 Å². The molecule has 0 saturated carbocycles. The molecule has 0 saturated heterocycles. The van der Waals surface area contributed by atoms with Gasteiger partial charge in [-0.05, 0) is 77.7 Å². The molecule has 1 atom stereocenters. The van der Waals surface area contributed by atoms with Crippen LogP contribution in [0, 0.1) is 0 Å². The third-order valence-corrected chi connectivity index (χ3v) is 7.20. The molecule has 11 heteroatoms. The maximum atomic E-state index is 12.6. The summed E-state index contributed by atoms with van der Waals surface area (Å²) in [6.45, 7) is 3.64. The summed E-state index contributed by atoms with van der Waals surface area (Å²) >= 11 is 0. The molecule has 3 N–H and O–H groups in total. The van der Waals surface area contributed by atoms with Crippen LogP contribution >= 0.6 is 0 Å². The number of nitrogens with zero attached hydrogens (tertiary/aromatic N) is 1. The van der Waals surface area contributed by atoms with E-state index in [-0.39, 0.29) is 18.8 Å². The number of hydrogen-bond donors (Lipinski definition) is 3. The second kappa shape index (κ2) is 14.8. The molecule has 0 fully saturated rings. The van der Waals surface area contributed by atoms with Crippen molar-refractivity contribution in [3.63, 3.8) is 0 Å². The smallest absolute Gasteiger partial charge is 0.338 e. The lowest BCUT2D eigenvalue weighted by Gasteiger charge is -2.28. The van der Waals surface area contributed by atoms with Gasteiger partial charge in [0.2, 0.25) is 0 Å². The van der Waals surface area contributed by atoms with Crippen molar-refractivity contribution in [2.45, 2.75) is 26.5 Å². The molecule has 1 heterocycles. The van der Waals surface area contributed by atoms with Gasteiger partial charge in [-0.25, -0.2) is 15.0 Å². The second-order valence-corrected chi connectivity index (χ2v) is 10.3. The van der Waals surface area contributed by atoms with Crippen LogP contribution in [0.25, 0.3) is 10.8 Å². The number of carbonyl (C=O) groups excluding carboxylic acids is 3. The number of benzene rings is 4. The Kier molecular flexibility index (Phi) is 10.1. The zero-order chi connectivity index (χ0) is 32.5. The number of fused-ring (bicyclic) bond motifs is 1. The summed E-state index contributed by atoms with van der Waals surface area (Å²) in [6.07, 6.45) is 1.52. The van der Waals surface area contributed by atoms with Crippen molar-refractivity contribution < 1.29 is 33.3 Å². The lowest BCUT2D eigenvalue weighted by atomic mass is 9.95. The van der Waals surface area contributed by atoms with E-state index in [1.54, 1.807) is 32.0 Å². The van der Waals surface area contributed by atoms with E-state index in [0.29, 0.717) is 35.1 Å². The van der Waals surface area contributed by atoms with Gasteiger partial charge >= 0.3 is 12.0 Å². The number of hydrazone groups is 1. The first-order valence-corrected chi connectivity index (χ1v) is 14.6. The number of nitrogens with one attached hydrogen (secondary N) is 3. The molecule has 236 valence electrons. The minimum atomic E-state index is -0.766. The highest BCUT2D eigenvalue weighted by atomic mass is 16.5. The molecule has 1 aliphatic rings. The van der Waals surface area contributed by atoms with Gasteiger partial charge in [0, 0.05) is 5.70 Å². The van der Waals surface area contributed by atoms with E-state index in [2.05, 4.69) is 45.4 Å². The van der Waals surface area contributed by atoms with Gasteiger partial charge in [0.1, 0.15) is 12.4 Å². The van der Waals surface area contributed by atoms with E-state index >= 15 is 0 Å². The lowest BCUT2D eigenvalue weighted by molar-refractivity contribution is -0.139. The quantitative estimate of drug-likeness (QED) is 0.113. The van der Waals surface area contributed by atoms with Crippen LogP contribution in [0.4, 0.5) is 4.79 Å². The van der Waals surface area contributed by atoms with E-state index < -0.39 is 23.9 Å². The van der Waals surface area contributed by atoms with Crippen LogP contribution in [-0.2, 0) is 20.9 Å². The van der Waals surface area contributed by atoms with Crippen LogP contribution in [0.1, 0.15) is 36.6 Å². The van der Waals surface area contributed by atoms with E-state index in [1.807, 2.05) is 42.5 Å². The van der Waals surface area contributed by atoms with Gasteiger partial charge in [0.25, 0.3) is 5.91 Å². The molecular weight excluding hydrogens is 588 g/mol. The maximum Gasteiger partial charge on any atom is 0.338 e. The van der Waals surface area contributed by atoms with Crippen molar-refractivity contribution in [3.05, 3.63) is 113 Å². The summed E-state index contributed by atoms with van der Waals surface area (Å²) in [5.41, 5.74) is 5.56. The Morgan fingerprint density at radius 2 is 1.74 bits per heavy atom. The molecule has 1 aliphatic heterocycles. The van der Waals surface area contributed by atoms with Crippen molar-refractivity contribution in [1.82, 2.24) is 16.1 Å². The van der Waals surface area contributed by atoms with Crippen LogP contribution in [-0.4, -0.2) is 44.4 Å². The lowest BCUT2D eigenvalue weighted by Crippen LogP contribution is -2.45. The Hall–Kier alpha value is -5.84. The zero-order valence-electron chi connectivity index (χ0n) is 25.7. The molecule has 0 aliphatic carbocycles. The predicted molar refractivity (Wildman–Crippen MR) is 173 cm³/mol. The zero-order valence-corrected chi connectivity index (χ0v) is 25.7. The van der Waals surface area contributed by atoms with Gasteiger partial charge in [-0.3, -0.25) is 4.79 Å². The number of carbonyl (C=O) groups is 3. The Morgan fingerprint density at radius 1 is 0.957 bits per heavy atom. The third-order valence-electron chi connectivity index (χ3n) is 7.20. The van der Waals surface area contributed by atoms with E-state index in [0.717, 1.165) is 16.5 Å². The molecule has 0 aromatic heterocycles. The van der Waals surface area contributed by atoms with E-state index in [4.69, 9.17) is 18.9 Å². The number of hydrogen-bond acceptors (Lipinski definition) is 8. The molecular formula is C35H34N4O7. The molecule has 0 unspecified atom stereocenters. The Balaban J connectivity index is 1.14. The highest BCUT2D eigenvalue weighted by Gasteiger charge is 2.32. The third kappa shape index (κ3) is 7.62. The molecule has 4 aromatic carbocycles. The monoisotopic (exact) mass is 622 g/mol. The van der Waals surface area contributed by atoms with Crippen molar-refractivity contribution in [3.8, 4) is 17.2 Å². The fraction of sp³-hybridized carbons (Fsp3) is 0.200. The Morgan fingerprint density at radius 3 is 2.52 bits per heavy atom. The normalized spacial score (nSPS) is 14.4. The summed E-state index contributed by atoms with van der Waals surface area (Å²) in [5.74, 6) is 0.294. The molecule has 0 radical (unpaired) electrons. The molecule has 3 amide bonds. The molecule has 11 nitrogen and oxygen atoms in total. The van der Waals surface area contributed by atoms with Crippen LogP contribution in [0.15, 0.2) is 101 Å². The topological polar surface area (TPSA) is 137 Å².